The predicted octanol–water partition coefficient (Wildman–Crippen LogP) is 1.92. The molecule has 0 aromatic carbocycles. The largest absolute Gasteiger partial charge is 0.357 e. The minimum Gasteiger partial charge on any atom is -0.357 e. The van der Waals surface area contributed by atoms with Crippen molar-refractivity contribution in [1.82, 2.24) is 15.1 Å². The van der Waals surface area contributed by atoms with E-state index in [0.29, 0.717) is 6.54 Å². The summed E-state index contributed by atoms with van der Waals surface area (Å²) in [6, 6.07) is 0.232. The lowest BCUT2D eigenvalue weighted by molar-refractivity contribution is -0.145. The van der Waals surface area contributed by atoms with Crippen molar-refractivity contribution in [2.75, 3.05) is 26.2 Å². The van der Waals surface area contributed by atoms with E-state index in [1.54, 1.807) is 0 Å². The highest BCUT2D eigenvalue weighted by molar-refractivity contribution is 14.0. The van der Waals surface area contributed by atoms with Gasteiger partial charge in [0.2, 0.25) is 5.91 Å². The standard InChI is InChI=1S/C14H28N4O.HI/c1-7-15-13(16-8-2)17-9-12(19)18(11(3)4)14(5,6)10-17;/h11H,7-10H2,1-6H3,(H,15,16);1H. The number of piperazine rings is 1. The van der Waals surface area contributed by atoms with Gasteiger partial charge in [0, 0.05) is 25.7 Å². The van der Waals surface area contributed by atoms with Crippen LogP contribution in [0.2, 0.25) is 0 Å². The molecule has 1 aliphatic heterocycles. The molecule has 5 nitrogen and oxygen atoms in total. The highest BCUT2D eigenvalue weighted by atomic mass is 127. The Morgan fingerprint density at radius 1 is 1.40 bits per heavy atom. The average Bonchev–Trinajstić information content (AvgIpc) is 2.25. The summed E-state index contributed by atoms with van der Waals surface area (Å²) >= 11 is 0. The second-order valence-corrected chi connectivity index (χ2v) is 5.85. The highest BCUT2D eigenvalue weighted by Crippen LogP contribution is 2.24. The Balaban J connectivity index is 0.00000361. The first-order valence-electron chi connectivity index (χ1n) is 7.19. The van der Waals surface area contributed by atoms with Gasteiger partial charge in [-0.15, -0.1) is 24.0 Å². The van der Waals surface area contributed by atoms with Gasteiger partial charge in [0.15, 0.2) is 5.96 Å². The lowest BCUT2D eigenvalue weighted by atomic mass is 9.96. The molecule has 0 unspecified atom stereocenters. The molecular weight excluding hydrogens is 367 g/mol. The molecule has 0 saturated carbocycles. The van der Waals surface area contributed by atoms with E-state index in [9.17, 15) is 4.79 Å². The van der Waals surface area contributed by atoms with Gasteiger partial charge in [0.1, 0.15) is 0 Å². The van der Waals surface area contributed by atoms with Crippen LogP contribution in [0.4, 0.5) is 0 Å². The first-order chi connectivity index (χ1) is 8.83. The van der Waals surface area contributed by atoms with E-state index < -0.39 is 0 Å². The van der Waals surface area contributed by atoms with Gasteiger partial charge >= 0.3 is 0 Å². The van der Waals surface area contributed by atoms with E-state index in [1.807, 2.05) is 18.7 Å². The number of aliphatic imine (C=N–C) groups is 1. The minimum atomic E-state index is -0.173. The van der Waals surface area contributed by atoms with E-state index in [2.05, 4.69) is 42.9 Å². The van der Waals surface area contributed by atoms with E-state index in [0.717, 1.165) is 25.6 Å². The molecule has 0 aromatic heterocycles. The first kappa shape index (κ1) is 19.5. The zero-order valence-corrected chi connectivity index (χ0v) is 15.9. The molecule has 0 aromatic rings. The van der Waals surface area contributed by atoms with E-state index in [1.165, 1.54) is 0 Å². The summed E-state index contributed by atoms with van der Waals surface area (Å²) in [7, 11) is 0. The molecule has 1 amide bonds. The number of amides is 1. The Bertz CT molecular complexity index is 355. The smallest absolute Gasteiger partial charge is 0.242 e. The van der Waals surface area contributed by atoms with E-state index in [-0.39, 0.29) is 41.5 Å². The predicted molar refractivity (Wildman–Crippen MR) is 94.7 cm³/mol. The quantitative estimate of drug-likeness (QED) is 0.451. The van der Waals surface area contributed by atoms with Crippen LogP contribution in [0.25, 0.3) is 0 Å². The third-order valence-corrected chi connectivity index (χ3v) is 3.28. The molecule has 1 saturated heterocycles. The topological polar surface area (TPSA) is 47.9 Å². The summed E-state index contributed by atoms with van der Waals surface area (Å²) in [5, 5.41) is 3.26. The fraction of sp³-hybridized carbons (Fsp3) is 0.857. The maximum absolute atomic E-state index is 12.4. The monoisotopic (exact) mass is 396 g/mol. The van der Waals surface area contributed by atoms with Gasteiger partial charge in [-0.3, -0.25) is 9.79 Å². The Morgan fingerprint density at radius 2 is 2.00 bits per heavy atom. The number of carbonyl (C=O) groups is 1. The normalized spacial score (nSPS) is 19.1. The number of rotatable bonds is 3. The molecule has 0 aliphatic carbocycles. The molecule has 1 heterocycles. The lowest BCUT2D eigenvalue weighted by Gasteiger charge is -2.49. The summed E-state index contributed by atoms with van der Waals surface area (Å²) in [6.07, 6.45) is 0. The van der Waals surface area contributed by atoms with Gasteiger partial charge in [-0.25, -0.2) is 0 Å². The molecule has 0 radical (unpaired) electrons. The van der Waals surface area contributed by atoms with Crippen molar-refractivity contribution in [3.63, 3.8) is 0 Å². The van der Waals surface area contributed by atoms with Gasteiger partial charge in [-0.1, -0.05) is 0 Å². The molecule has 20 heavy (non-hydrogen) atoms. The zero-order chi connectivity index (χ0) is 14.6. The number of halogens is 1. The molecule has 1 rings (SSSR count). The van der Waals surface area contributed by atoms with Crippen molar-refractivity contribution in [2.45, 2.75) is 53.1 Å². The molecular formula is C14H29IN4O. The van der Waals surface area contributed by atoms with Gasteiger partial charge in [0.25, 0.3) is 0 Å². The second-order valence-electron chi connectivity index (χ2n) is 5.85. The Kier molecular flexibility index (Phi) is 7.83. The van der Waals surface area contributed by atoms with Crippen molar-refractivity contribution >= 4 is 35.8 Å². The fourth-order valence-electron chi connectivity index (χ4n) is 2.89. The van der Waals surface area contributed by atoms with Crippen molar-refractivity contribution in [3.8, 4) is 0 Å². The van der Waals surface area contributed by atoms with Gasteiger partial charge in [-0.05, 0) is 41.5 Å². The Hall–Kier alpha value is -0.530. The van der Waals surface area contributed by atoms with Crippen molar-refractivity contribution in [3.05, 3.63) is 0 Å². The third-order valence-electron chi connectivity index (χ3n) is 3.28. The van der Waals surface area contributed by atoms with Crippen LogP contribution in [-0.2, 0) is 4.79 Å². The van der Waals surface area contributed by atoms with Gasteiger partial charge < -0.3 is 15.1 Å². The summed E-state index contributed by atoms with van der Waals surface area (Å²) in [6.45, 7) is 15.2. The van der Waals surface area contributed by atoms with E-state index in [4.69, 9.17) is 0 Å². The highest BCUT2D eigenvalue weighted by Gasteiger charge is 2.40. The molecule has 1 N–H and O–H groups in total. The fourth-order valence-corrected chi connectivity index (χ4v) is 2.89. The Labute approximate surface area is 140 Å². The molecule has 0 bridgehead atoms. The third kappa shape index (κ3) is 4.49. The van der Waals surface area contributed by atoms with Gasteiger partial charge in [-0.2, -0.15) is 0 Å². The Morgan fingerprint density at radius 3 is 2.40 bits per heavy atom. The van der Waals surface area contributed by atoms with Crippen molar-refractivity contribution < 1.29 is 4.79 Å². The van der Waals surface area contributed by atoms with Crippen molar-refractivity contribution in [1.29, 1.82) is 0 Å². The van der Waals surface area contributed by atoms with Gasteiger partial charge in [0.05, 0.1) is 12.1 Å². The maximum Gasteiger partial charge on any atom is 0.242 e. The van der Waals surface area contributed by atoms with Crippen LogP contribution in [0, 0.1) is 0 Å². The van der Waals surface area contributed by atoms with Crippen LogP contribution in [0.1, 0.15) is 41.5 Å². The SMILES string of the molecule is CCN=C(NCC)N1CC(=O)N(C(C)C)C(C)(C)C1.I. The minimum absolute atomic E-state index is 0. The van der Waals surface area contributed by atoms with Crippen LogP contribution < -0.4 is 5.32 Å². The molecule has 0 atom stereocenters. The number of hydrogen-bond donors (Lipinski definition) is 1. The summed E-state index contributed by atoms with van der Waals surface area (Å²) < 4.78 is 0. The van der Waals surface area contributed by atoms with Crippen molar-refractivity contribution in [2.24, 2.45) is 4.99 Å². The molecule has 1 fully saturated rings. The molecule has 1 aliphatic rings. The number of guanidine groups is 1. The van der Waals surface area contributed by atoms with Crippen LogP contribution in [0.5, 0.6) is 0 Å². The number of hydrogen-bond acceptors (Lipinski definition) is 2. The zero-order valence-electron chi connectivity index (χ0n) is 13.6. The molecule has 6 heteroatoms. The summed E-state index contributed by atoms with van der Waals surface area (Å²) in [5.41, 5.74) is -0.173. The molecule has 118 valence electrons. The number of nitrogens with zero attached hydrogens (tertiary/aromatic N) is 3. The number of carbonyl (C=O) groups excluding carboxylic acids is 1. The van der Waals surface area contributed by atoms with Crippen LogP contribution in [-0.4, -0.2) is 59.4 Å². The second kappa shape index (κ2) is 8.05. The summed E-state index contributed by atoms with van der Waals surface area (Å²) in [5.74, 6) is 1.02. The maximum atomic E-state index is 12.4. The van der Waals surface area contributed by atoms with E-state index >= 15 is 0 Å². The first-order valence-corrected chi connectivity index (χ1v) is 7.19. The van der Waals surface area contributed by atoms with Crippen LogP contribution >= 0.6 is 24.0 Å². The average molecular weight is 396 g/mol. The van der Waals surface area contributed by atoms with Crippen LogP contribution in [0.15, 0.2) is 4.99 Å². The number of nitrogens with one attached hydrogen (secondary N) is 1. The lowest BCUT2D eigenvalue weighted by Crippen LogP contribution is -2.66. The van der Waals surface area contributed by atoms with Crippen LogP contribution in [0.3, 0.4) is 0 Å². The summed E-state index contributed by atoms with van der Waals surface area (Å²) in [4.78, 5) is 20.9. The molecule has 0 spiro atoms.